The van der Waals surface area contributed by atoms with Crippen molar-refractivity contribution in [1.82, 2.24) is 0 Å². The van der Waals surface area contributed by atoms with E-state index in [1.165, 1.54) is 12.2 Å². The van der Waals surface area contributed by atoms with Crippen LogP contribution in [-0.4, -0.2) is 11.6 Å². The molecule has 0 heterocycles. The number of hydrogen-bond donors (Lipinski definition) is 3. The Kier molecular flexibility index (Phi) is 3.59. The highest BCUT2D eigenvalue weighted by molar-refractivity contribution is 6.12. The van der Waals surface area contributed by atoms with E-state index in [0.29, 0.717) is 0 Å². The van der Waals surface area contributed by atoms with Gasteiger partial charge in [0.25, 0.3) is 0 Å². The van der Waals surface area contributed by atoms with Gasteiger partial charge in [-0.1, -0.05) is 0 Å². The van der Waals surface area contributed by atoms with Crippen molar-refractivity contribution in [3.05, 3.63) is 40.1 Å². The average molecular weight is 234 g/mol. The van der Waals surface area contributed by atoms with Crippen molar-refractivity contribution in [3.8, 4) is 18.2 Å². The number of nitrogens with one attached hydrogen (secondary N) is 2. The van der Waals surface area contributed by atoms with Gasteiger partial charge < -0.3 is 11.1 Å². The second-order valence-corrected chi connectivity index (χ2v) is 3.20. The van der Waals surface area contributed by atoms with Crippen LogP contribution >= 0.6 is 0 Å². The summed E-state index contributed by atoms with van der Waals surface area (Å²) in [5.41, 5.74) is 5.56. The summed E-state index contributed by atoms with van der Waals surface area (Å²) < 4.78 is 0. The maximum atomic E-state index is 8.81. The highest BCUT2D eigenvalue weighted by atomic mass is 14.6. The first-order chi connectivity index (χ1) is 8.58. The summed E-state index contributed by atoms with van der Waals surface area (Å²) in [7, 11) is 0. The first-order valence-corrected chi connectivity index (χ1v) is 4.61. The van der Waals surface area contributed by atoms with Crippen LogP contribution in [0.3, 0.4) is 0 Å². The molecule has 0 aromatic carbocycles. The molecule has 1 rings (SSSR count). The van der Waals surface area contributed by atoms with E-state index in [4.69, 9.17) is 32.3 Å². The van der Waals surface area contributed by atoms with Gasteiger partial charge in [-0.25, -0.2) is 0 Å². The van der Waals surface area contributed by atoms with Gasteiger partial charge in [-0.15, -0.1) is 0 Å². The molecule has 0 amide bonds. The molecule has 0 spiro atoms. The zero-order chi connectivity index (χ0) is 13.7. The maximum absolute atomic E-state index is 8.81. The molecule has 4 N–H and O–H groups in total. The van der Waals surface area contributed by atoms with Crippen LogP contribution in [0.1, 0.15) is 0 Å². The quantitative estimate of drug-likeness (QED) is 0.455. The molecule has 0 atom stereocenters. The van der Waals surface area contributed by atoms with Gasteiger partial charge in [0, 0.05) is 16.8 Å². The lowest BCUT2D eigenvalue weighted by Gasteiger charge is -2.13. The molecule has 0 radical (unpaired) electrons. The Morgan fingerprint density at radius 1 is 1.11 bits per heavy atom. The largest absolute Gasteiger partial charge is 0.398 e. The second kappa shape index (κ2) is 5.09. The third-order valence-electron chi connectivity index (χ3n) is 2.19. The molecule has 0 aromatic heterocycles. The molecule has 0 unspecified atom stereocenters. The van der Waals surface area contributed by atoms with Crippen LogP contribution in [0.5, 0.6) is 0 Å². The first-order valence-electron chi connectivity index (χ1n) is 4.61. The van der Waals surface area contributed by atoms with Crippen molar-refractivity contribution < 1.29 is 0 Å². The molecular formula is C12H6N6. The highest BCUT2D eigenvalue weighted by Gasteiger charge is 2.19. The highest BCUT2D eigenvalue weighted by Crippen LogP contribution is 2.23. The molecule has 1 aliphatic carbocycles. The van der Waals surface area contributed by atoms with E-state index in [1.807, 2.05) is 5.87 Å². The Bertz CT molecular complexity index is 674. The molecule has 0 fully saturated rings. The first kappa shape index (κ1) is 12.7. The zero-order valence-electron chi connectivity index (χ0n) is 9.07. The van der Waals surface area contributed by atoms with Crippen LogP contribution < -0.4 is 5.73 Å². The Hall–Kier alpha value is -3.39. The molecule has 6 heteroatoms. The predicted octanol–water partition coefficient (Wildman–Crippen LogP) is 0.831. The molecule has 0 bridgehead atoms. The monoisotopic (exact) mass is 234 g/mol. The minimum Gasteiger partial charge on any atom is -0.398 e. The molecule has 84 valence electrons. The van der Waals surface area contributed by atoms with E-state index < -0.39 is 0 Å². The van der Waals surface area contributed by atoms with Crippen LogP contribution in [0.15, 0.2) is 40.1 Å². The number of nitrogens with two attached hydrogens (primary N) is 1. The minimum atomic E-state index is -0.247. The summed E-state index contributed by atoms with van der Waals surface area (Å²) in [6, 6.07) is 5.06. The predicted molar refractivity (Wildman–Crippen MR) is 63.2 cm³/mol. The maximum Gasteiger partial charge on any atom is 0.139 e. The Balaban J connectivity index is 3.58. The summed E-state index contributed by atoms with van der Waals surface area (Å²) in [6.07, 6.45) is 2.51. The Labute approximate surface area is 103 Å². The summed E-state index contributed by atoms with van der Waals surface area (Å²) in [6.45, 7) is 0. The number of allylic oxidation sites excluding steroid dienone is 5. The third kappa shape index (κ3) is 2.08. The van der Waals surface area contributed by atoms with Crippen LogP contribution in [0.25, 0.3) is 0 Å². The Morgan fingerprint density at radius 2 is 1.72 bits per heavy atom. The summed E-state index contributed by atoms with van der Waals surface area (Å²) in [4.78, 5) is 0. The van der Waals surface area contributed by atoms with Crippen LogP contribution in [0.2, 0.25) is 0 Å². The van der Waals surface area contributed by atoms with E-state index in [0.717, 1.165) is 0 Å². The second-order valence-electron chi connectivity index (χ2n) is 3.20. The topological polar surface area (TPSA) is 145 Å². The van der Waals surface area contributed by atoms with Gasteiger partial charge in [0.2, 0.25) is 0 Å². The third-order valence-corrected chi connectivity index (χ3v) is 2.19. The fourth-order valence-electron chi connectivity index (χ4n) is 1.34. The van der Waals surface area contributed by atoms with Gasteiger partial charge in [0.05, 0.1) is 5.71 Å². The SMILES string of the molecule is N#CC(=C=N)C1=CC(=C(C#N)C#N)C(=N)C=C1N. The van der Waals surface area contributed by atoms with Gasteiger partial charge in [0.1, 0.15) is 29.4 Å². The number of rotatable bonds is 1. The van der Waals surface area contributed by atoms with Crippen molar-refractivity contribution in [3.63, 3.8) is 0 Å². The lowest BCUT2D eigenvalue weighted by atomic mass is 9.91. The van der Waals surface area contributed by atoms with Crippen molar-refractivity contribution >= 4 is 11.6 Å². The zero-order valence-corrected chi connectivity index (χ0v) is 9.07. The van der Waals surface area contributed by atoms with Gasteiger partial charge >= 0.3 is 0 Å². The molecule has 0 aromatic rings. The van der Waals surface area contributed by atoms with Gasteiger partial charge in [0.15, 0.2) is 0 Å². The van der Waals surface area contributed by atoms with E-state index >= 15 is 0 Å². The van der Waals surface area contributed by atoms with E-state index in [1.54, 1.807) is 18.2 Å². The lowest BCUT2D eigenvalue weighted by molar-refractivity contribution is 1.29. The summed E-state index contributed by atoms with van der Waals surface area (Å²) in [5.74, 6) is 1.92. The Morgan fingerprint density at radius 3 is 2.17 bits per heavy atom. The summed E-state index contributed by atoms with van der Waals surface area (Å²) >= 11 is 0. The average Bonchev–Trinajstić information content (AvgIpc) is 2.36. The molecule has 0 aliphatic heterocycles. The fraction of sp³-hybridized carbons (Fsp3) is 0. The minimum absolute atomic E-state index is 0.0761. The summed E-state index contributed by atoms with van der Waals surface area (Å²) in [5, 5.41) is 40.9. The van der Waals surface area contributed by atoms with E-state index in [-0.39, 0.29) is 33.7 Å². The lowest BCUT2D eigenvalue weighted by Crippen LogP contribution is -2.14. The van der Waals surface area contributed by atoms with Crippen LogP contribution in [0.4, 0.5) is 0 Å². The number of hydrogen-bond acceptors (Lipinski definition) is 6. The number of nitrogens with zero attached hydrogens (tertiary/aromatic N) is 3. The van der Waals surface area contributed by atoms with Crippen LogP contribution in [-0.2, 0) is 0 Å². The molecule has 1 aliphatic rings. The molecular weight excluding hydrogens is 228 g/mol. The number of nitriles is 3. The van der Waals surface area contributed by atoms with Crippen molar-refractivity contribution in [2.75, 3.05) is 0 Å². The van der Waals surface area contributed by atoms with E-state index in [9.17, 15) is 0 Å². The standard InChI is InChI=1S/C12H6N6/c13-3-7(4-14)9-1-10(8(5-15)6-16)12(18)2-11(9)17/h1-2,13,18H,17H2. The van der Waals surface area contributed by atoms with Gasteiger partial charge in [-0.2, -0.15) is 15.8 Å². The molecule has 6 nitrogen and oxygen atoms in total. The van der Waals surface area contributed by atoms with Crippen molar-refractivity contribution in [2.24, 2.45) is 5.73 Å². The smallest absolute Gasteiger partial charge is 0.139 e. The van der Waals surface area contributed by atoms with Gasteiger partial charge in [-0.3, -0.25) is 5.41 Å². The fourth-order valence-corrected chi connectivity index (χ4v) is 1.34. The normalized spacial score (nSPS) is 13.2. The van der Waals surface area contributed by atoms with Crippen molar-refractivity contribution in [1.29, 1.82) is 26.6 Å². The molecule has 0 saturated carbocycles. The van der Waals surface area contributed by atoms with Gasteiger partial charge in [-0.05, 0) is 18.0 Å². The molecule has 18 heavy (non-hydrogen) atoms. The van der Waals surface area contributed by atoms with Crippen LogP contribution in [0, 0.1) is 44.8 Å². The molecule has 0 saturated heterocycles. The van der Waals surface area contributed by atoms with E-state index in [2.05, 4.69) is 0 Å². The van der Waals surface area contributed by atoms with Crippen molar-refractivity contribution in [2.45, 2.75) is 0 Å².